The first kappa shape index (κ1) is 13.3. The van der Waals surface area contributed by atoms with Gasteiger partial charge in [0.05, 0.1) is 0 Å². The molecular weight excluding hydrogens is 229 g/mol. The van der Waals surface area contributed by atoms with Crippen LogP contribution in [-0.2, 0) is 5.67 Å². The zero-order valence-corrected chi connectivity index (χ0v) is 11.4. The Labute approximate surface area is 109 Å². The molecular formula is C15H22FNO. The summed E-state index contributed by atoms with van der Waals surface area (Å²) in [6.45, 7) is 5.24. The van der Waals surface area contributed by atoms with E-state index in [0.717, 1.165) is 25.9 Å². The minimum absolute atomic E-state index is 0.213. The molecule has 18 heavy (non-hydrogen) atoms. The zero-order chi connectivity index (χ0) is 13.2. The molecule has 0 spiro atoms. The van der Waals surface area contributed by atoms with E-state index in [1.54, 1.807) is 13.8 Å². The molecule has 0 radical (unpaired) electrons. The molecule has 2 rings (SSSR count). The topological polar surface area (TPSA) is 12.5 Å². The van der Waals surface area contributed by atoms with Gasteiger partial charge in [0.1, 0.15) is 17.5 Å². The van der Waals surface area contributed by atoms with Gasteiger partial charge >= 0.3 is 0 Å². The van der Waals surface area contributed by atoms with Crippen molar-refractivity contribution in [2.75, 3.05) is 20.1 Å². The lowest BCUT2D eigenvalue weighted by Gasteiger charge is -2.30. The van der Waals surface area contributed by atoms with Crippen molar-refractivity contribution in [3.63, 3.8) is 0 Å². The molecule has 0 aliphatic carbocycles. The van der Waals surface area contributed by atoms with Crippen LogP contribution in [0, 0.1) is 0 Å². The Hall–Kier alpha value is -1.09. The molecule has 1 fully saturated rings. The third kappa shape index (κ3) is 3.22. The van der Waals surface area contributed by atoms with Gasteiger partial charge in [0.2, 0.25) is 0 Å². The molecule has 2 nitrogen and oxygen atoms in total. The van der Waals surface area contributed by atoms with Gasteiger partial charge in [0.25, 0.3) is 0 Å². The lowest BCUT2D eigenvalue weighted by Crippen LogP contribution is -2.36. The highest BCUT2D eigenvalue weighted by Crippen LogP contribution is 2.33. The first-order valence-electron chi connectivity index (χ1n) is 6.60. The number of hydrogen-bond donors (Lipinski definition) is 0. The van der Waals surface area contributed by atoms with Crippen molar-refractivity contribution in [2.24, 2.45) is 0 Å². The molecule has 0 unspecified atom stereocenters. The van der Waals surface area contributed by atoms with E-state index in [4.69, 9.17) is 4.74 Å². The highest BCUT2D eigenvalue weighted by molar-refractivity contribution is 5.37. The fourth-order valence-corrected chi connectivity index (χ4v) is 2.34. The van der Waals surface area contributed by atoms with Crippen LogP contribution in [0.15, 0.2) is 24.3 Å². The van der Waals surface area contributed by atoms with Gasteiger partial charge in [0.15, 0.2) is 0 Å². The van der Waals surface area contributed by atoms with Crippen molar-refractivity contribution >= 4 is 0 Å². The van der Waals surface area contributed by atoms with Gasteiger partial charge in [-0.25, -0.2) is 4.39 Å². The van der Waals surface area contributed by atoms with Crippen LogP contribution in [0.4, 0.5) is 4.39 Å². The smallest absolute Gasteiger partial charge is 0.134 e. The molecule has 1 aromatic carbocycles. The number of para-hydroxylation sites is 1. The molecule has 1 saturated heterocycles. The number of alkyl halides is 1. The highest BCUT2D eigenvalue weighted by atomic mass is 19.1. The maximum Gasteiger partial charge on any atom is 0.134 e. The van der Waals surface area contributed by atoms with Crippen molar-refractivity contribution in [3.8, 4) is 5.75 Å². The summed E-state index contributed by atoms with van der Waals surface area (Å²) in [5.74, 6) is 0.694. The molecule has 0 N–H and O–H groups in total. The van der Waals surface area contributed by atoms with Gasteiger partial charge in [-0.15, -0.1) is 0 Å². The third-order valence-electron chi connectivity index (χ3n) is 3.49. The van der Waals surface area contributed by atoms with E-state index >= 15 is 0 Å². The van der Waals surface area contributed by atoms with Crippen LogP contribution >= 0.6 is 0 Å². The fourth-order valence-electron chi connectivity index (χ4n) is 2.34. The van der Waals surface area contributed by atoms with E-state index in [1.165, 1.54) is 0 Å². The Bertz CT molecular complexity index is 392. The summed E-state index contributed by atoms with van der Waals surface area (Å²) in [6.07, 6.45) is 2.24. The van der Waals surface area contributed by atoms with E-state index in [2.05, 4.69) is 11.9 Å². The predicted octanol–water partition coefficient (Wildman–Crippen LogP) is 3.36. The SMILES string of the molecule is CN1CCC(Oc2ccccc2C(C)(C)F)CC1. The number of halogens is 1. The fraction of sp³-hybridized carbons (Fsp3) is 0.600. The number of rotatable bonds is 3. The maximum absolute atomic E-state index is 14.1. The molecule has 0 aromatic heterocycles. The molecule has 100 valence electrons. The number of ether oxygens (including phenoxy) is 1. The van der Waals surface area contributed by atoms with E-state index in [1.807, 2.05) is 24.3 Å². The second-order valence-corrected chi connectivity index (χ2v) is 5.59. The summed E-state index contributed by atoms with van der Waals surface area (Å²) in [5.41, 5.74) is -0.717. The van der Waals surface area contributed by atoms with Crippen molar-refractivity contribution in [2.45, 2.75) is 38.5 Å². The number of hydrogen-bond acceptors (Lipinski definition) is 2. The molecule has 0 saturated carbocycles. The van der Waals surface area contributed by atoms with Crippen LogP contribution in [0.5, 0.6) is 5.75 Å². The van der Waals surface area contributed by atoms with Crippen molar-refractivity contribution in [1.82, 2.24) is 4.90 Å². The molecule has 1 heterocycles. The van der Waals surface area contributed by atoms with E-state index in [9.17, 15) is 4.39 Å². The van der Waals surface area contributed by atoms with Crippen molar-refractivity contribution < 1.29 is 9.13 Å². The minimum atomic E-state index is -1.36. The average Bonchev–Trinajstić information content (AvgIpc) is 2.31. The summed E-state index contributed by atoms with van der Waals surface area (Å²) < 4.78 is 20.1. The normalized spacial score (nSPS) is 18.9. The molecule has 0 amide bonds. The van der Waals surface area contributed by atoms with E-state index in [0.29, 0.717) is 11.3 Å². The van der Waals surface area contributed by atoms with Gasteiger partial charge < -0.3 is 9.64 Å². The van der Waals surface area contributed by atoms with Gasteiger partial charge in [-0.3, -0.25) is 0 Å². The Morgan fingerprint density at radius 3 is 2.44 bits per heavy atom. The Morgan fingerprint density at radius 1 is 1.22 bits per heavy atom. The largest absolute Gasteiger partial charge is 0.490 e. The lowest BCUT2D eigenvalue weighted by atomic mass is 9.99. The molecule has 0 bridgehead atoms. The summed E-state index contributed by atoms with van der Waals surface area (Å²) in [4.78, 5) is 2.30. The third-order valence-corrected chi connectivity index (χ3v) is 3.49. The highest BCUT2D eigenvalue weighted by Gasteiger charge is 2.25. The number of nitrogens with zero attached hydrogens (tertiary/aromatic N) is 1. The van der Waals surface area contributed by atoms with Crippen LogP contribution in [0.1, 0.15) is 32.3 Å². The van der Waals surface area contributed by atoms with E-state index < -0.39 is 5.67 Å². The second kappa shape index (κ2) is 5.27. The molecule has 1 aliphatic heterocycles. The quantitative estimate of drug-likeness (QED) is 0.816. The zero-order valence-electron chi connectivity index (χ0n) is 11.4. The van der Waals surface area contributed by atoms with Gasteiger partial charge in [-0.1, -0.05) is 18.2 Å². The van der Waals surface area contributed by atoms with Crippen LogP contribution in [0.25, 0.3) is 0 Å². The van der Waals surface area contributed by atoms with Crippen LogP contribution < -0.4 is 4.74 Å². The van der Waals surface area contributed by atoms with Crippen LogP contribution in [0.2, 0.25) is 0 Å². The van der Waals surface area contributed by atoms with Crippen molar-refractivity contribution in [1.29, 1.82) is 0 Å². The lowest BCUT2D eigenvalue weighted by molar-refractivity contribution is 0.108. The Kier molecular flexibility index (Phi) is 3.91. The molecule has 1 aromatic rings. The first-order chi connectivity index (χ1) is 8.47. The van der Waals surface area contributed by atoms with Crippen LogP contribution in [0.3, 0.4) is 0 Å². The van der Waals surface area contributed by atoms with Gasteiger partial charge in [0, 0.05) is 18.7 Å². The summed E-state index contributed by atoms with van der Waals surface area (Å²) >= 11 is 0. The summed E-state index contributed by atoms with van der Waals surface area (Å²) in [5, 5.41) is 0. The number of benzene rings is 1. The maximum atomic E-state index is 14.1. The first-order valence-corrected chi connectivity index (χ1v) is 6.60. The van der Waals surface area contributed by atoms with Gasteiger partial charge in [-0.05, 0) is 39.8 Å². The predicted molar refractivity (Wildman–Crippen MR) is 71.7 cm³/mol. The van der Waals surface area contributed by atoms with E-state index in [-0.39, 0.29) is 6.10 Å². The summed E-state index contributed by atoms with van der Waals surface area (Å²) in [6, 6.07) is 7.44. The standard InChI is InChI=1S/C15H22FNO/c1-15(2,16)13-6-4-5-7-14(13)18-12-8-10-17(3)11-9-12/h4-7,12H,8-11H2,1-3H3. The Balaban J connectivity index is 2.10. The Morgan fingerprint density at radius 2 is 1.83 bits per heavy atom. The number of piperidine rings is 1. The molecule has 1 aliphatic rings. The average molecular weight is 251 g/mol. The monoisotopic (exact) mass is 251 g/mol. The van der Waals surface area contributed by atoms with Crippen LogP contribution in [-0.4, -0.2) is 31.1 Å². The summed E-state index contributed by atoms with van der Waals surface area (Å²) in [7, 11) is 2.12. The minimum Gasteiger partial charge on any atom is -0.490 e. The van der Waals surface area contributed by atoms with Crippen molar-refractivity contribution in [3.05, 3.63) is 29.8 Å². The molecule has 0 atom stereocenters. The van der Waals surface area contributed by atoms with Gasteiger partial charge in [-0.2, -0.15) is 0 Å². The number of likely N-dealkylation sites (tertiary alicyclic amines) is 1. The molecule has 3 heteroatoms. The second-order valence-electron chi connectivity index (χ2n) is 5.59.